The first-order valence-corrected chi connectivity index (χ1v) is 8.64. The van der Waals surface area contributed by atoms with Crippen LogP contribution in [0.2, 0.25) is 0 Å². The molecule has 2 aromatic rings. The summed E-state index contributed by atoms with van der Waals surface area (Å²) < 4.78 is 18.3. The lowest BCUT2D eigenvalue weighted by molar-refractivity contribution is -0.122. The van der Waals surface area contributed by atoms with Crippen LogP contribution >= 0.6 is 0 Å². The second-order valence-corrected chi connectivity index (χ2v) is 6.24. The average molecular weight is 382 g/mol. The molecule has 0 aliphatic carbocycles. The monoisotopic (exact) mass is 382 g/mol. The normalized spacial score (nSPS) is 16.2. The fraction of sp³-hybridized carbons (Fsp3) is 0.190. The molecule has 1 atom stereocenters. The predicted molar refractivity (Wildman–Crippen MR) is 102 cm³/mol. The number of carbonyl (C=O) groups excluding carboxylic acids is 3. The number of rotatable bonds is 6. The van der Waals surface area contributed by atoms with E-state index in [0.29, 0.717) is 11.3 Å². The van der Waals surface area contributed by atoms with Gasteiger partial charge in [0.05, 0.1) is 19.2 Å². The number of methoxy groups -OCH3 is 1. The van der Waals surface area contributed by atoms with Crippen LogP contribution in [0.3, 0.4) is 0 Å². The number of ether oxygens (including phenoxy) is 1. The maximum atomic E-state index is 13.2. The van der Waals surface area contributed by atoms with Crippen LogP contribution in [0.1, 0.15) is 16.8 Å². The maximum absolute atomic E-state index is 13.2. The number of hydrogen-bond acceptors (Lipinski definition) is 4. The highest BCUT2D eigenvalue weighted by atomic mass is 19.1. The number of benzene rings is 2. The molecule has 0 aromatic heterocycles. The molecule has 0 bridgehead atoms. The molecule has 3 rings (SSSR count). The first-order valence-electron chi connectivity index (χ1n) is 8.64. The molecule has 7 heteroatoms. The van der Waals surface area contributed by atoms with E-state index in [9.17, 15) is 18.8 Å². The Hall–Kier alpha value is -3.48. The Balaban J connectivity index is 1.90. The van der Waals surface area contributed by atoms with E-state index in [0.717, 1.165) is 4.90 Å². The van der Waals surface area contributed by atoms with Crippen LogP contribution in [0.25, 0.3) is 0 Å². The van der Waals surface area contributed by atoms with Crippen LogP contribution in [0, 0.1) is 5.82 Å². The fourth-order valence-corrected chi connectivity index (χ4v) is 3.13. The van der Waals surface area contributed by atoms with Crippen molar-refractivity contribution in [3.05, 3.63) is 72.6 Å². The Kier molecular flexibility index (Phi) is 5.54. The molecule has 144 valence electrons. The minimum absolute atomic E-state index is 0.0942. The van der Waals surface area contributed by atoms with Gasteiger partial charge in [0, 0.05) is 12.1 Å². The van der Waals surface area contributed by atoms with Crippen molar-refractivity contribution in [2.45, 2.75) is 12.5 Å². The third-order valence-corrected chi connectivity index (χ3v) is 4.49. The number of carbonyl (C=O) groups is 3. The van der Waals surface area contributed by atoms with Crippen LogP contribution in [-0.4, -0.2) is 42.3 Å². The predicted octanol–water partition coefficient (Wildman–Crippen LogP) is 2.79. The van der Waals surface area contributed by atoms with Crippen LogP contribution in [0.5, 0.6) is 5.75 Å². The molecule has 3 amide bonds. The highest BCUT2D eigenvalue weighted by molar-refractivity contribution is 6.23. The molecule has 0 N–H and O–H groups in total. The Morgan fingerprint density at radius 1 is 1.29 bits per heavy atom. The van der Waals surface area contributed by atoms with Gasteiger partial charge in [-0.2, -0.15) is 0 Å². The highest BCUT2D eigenvalue weighted by Crippen LogP contribution is 2.27. The number of amides is 3. The number of anilines is 1. The average Bonchev–Trinajstić information content (AvgIpc) is 3.00. The summed E-state index contributed by atoms with van der Waals surface area (Å²) in [6, 6.07) is 10.6. The zero-order valence-electron chi connectivity index (χ0n) is 15.3. The van der Waals surface area contributed by atoms with E-state index < -0.39 is 29.6 Å². The van der Waals surface area contributed by atoms with E-state index in [1.807, 2.05) is 0 Å². The lowest BCUT2D eigenvalue weighted by Crippen LogP contribution is -2.45. The van der Waals surface area contributed by atoms with Crippen LogP contribution < -0.4 is 9.64 Å². The topological polar surface area (TPSA) is 66.9 Å². The molecule has 0 spiro atoms. The molecule has 1 unspecified atom stereocenters. The van der Waals surface area contributed by atoms with Gasteiger partial charge < -0.3 is 9.64 Å². The zero-order valence-corrected chi connectivity index (χ0v) is 15.3. The van der Waals surface area contributed by atoms with Gasteiger partial charge >= 0.3 is 0 Å². The Morgan fingerprint density at radius 3 is 2.64 bits per heavy atom. The van der Waals surface area contributed by atoms with Crippen LogP contribution in [-0.2, 0) is 9.59 Å². The third kappa shape index (κ3) is 3.64. The summed E-state index contributed by atoms with van der Waals surface area (Å²) in [6.45, 7) is 3.74. The van der Waals surface area contributed by atoms with Crippen molar-refractivity contribution in [1.82, 2.24) is 4.90 Å². The molecule has 1 fully saturated rings. The van der Waals surface area contributed by atoms with E-state index in [4.69, 9.17) is 4.74 Å². The molecule has 0 saturated carbocycles. The fourth-order valence-electron chi connectivity index (χ4n) is 3.13. The van der Waals surface area contributed by atoms with Crippen molar-refractivity contribution >= 4 is 23.4 Å². The van der Waals surface area contributed by atoms with Gasteiger partial charge in [-0.3, -0.25) is 14.4 Å². The minimum Gasteiger partial charge on any atom is -0.497 e. The largest absolute Gasteiger partial charge is 0.497 e. The standard InChI is InChI=1S/C21H19FN2O4/c1-3-11-23(20(26)14-5-4-6-17(12-14)28-2)18-13-19(25)24(21(18)27)16-9-7-15(22)8-10-16/h3-10,12,18H,1,11,13H2,2H3. The van der Waals surface area contributed by atoms with Gasteiger partial charge in [-0.15, -0.1) is 6.58 Å². The van der Waals surface area contributed by atoms with E-state index in [1.165, 1.54) is 42.4 Å². The summed E-state index contributed by atoms with van der Waals surface area (Å²) in [6.07, 6.45) is 1.34. The maximum Gasteiger partial charge on any atom is 0.257 e. The first kappa shape index (κ1) is 19.3. The van der Waals surface area contributed by atoms with E-state index in [-0.39, 0.29) is 18.7 Å². The van der Waals surface area contributed by atoms with Gasteiger partial charge in [0.1, 0.15) is 17.6 Å². The zero-order chi connectivity index (χ0) is 20.3. The third-order valence-electron chi connectivity index (χ3n) is 4.49. The van der Waals surface area contributed by atoms with E-state index in [2.05, 4.69) is 6.58 Å². The van der Waals surface area contributed by atoms with Gasteiger partial charge in [0.25, 0.3) is 11.8 Å². The summed E-state index contributed by atoms with van der Waals surface area (Å²) >= 11 is 0. The van der Waals surface area contributed by atoms with E-state index in [1.54, 1.807) is 24.3 Å². The van der Waals surface area contributed by atoms with Crippen molar-refractivity contribution < 1.29 is 23.5 Å². The molecule has 0 radical (unpaired) electrons. The number of imide groups is 1. The molecule has 1 saturated heterocycles. The second-order valence-electron chi connectivity index (χ2n) is 6.24. The van der Waals surface area contributed by atoms with Crippen molar-refractivity contribution in [3.8, 4) is 5.75 Å². The van der Waals surface area contributed by atoms with E-state index >= 15 is 0 Å². The Labute approximate surface area is 161 Å². The Morgan fingerprint density at radius 2 is 2.00 bits per heavy atom. The molecule has 1 heterocycles. The summed E-state index contributed by atoms with van der Waals surface area (Å²) in [5.41, 5.74) is 0.605. The van der Waals surface area contributed by atoms with Crippen molar-refractivity contribution in [3.63, 3.8) is 0 Å². The van der Waals surface area contributed by atoms with Gasteiger partial charge in [0.2, 0.25) is 5.91 Å². The molecule has 1 aliphatic heterocycles. The first-order chi connectivity index (χ1) is 13.5. The van der Waals surface area contributed by atoms with Crippen LogP contribution in [0.4, 0.5) is 10.1 Å². The number of nitrogens with zero attached hydrogens (tertiary/aromatic N) is 2. The van der Waals surface area contributed by atoms with Gasteiger partial charge in [0.15, 0.2) is 0 Å². The highest BCUT2D eigenvalue weighted by Gasteiger charge is 2.44. The second kappa shape index (κ2) is 8.04. The smallest absolute Gasteiger partial charge is 0.257 e. The minimum atomic E-state index is -0.964. The van der Waals surface area contributed by atoms with Gasteiger partial charge in [-0.1, -0.05) is 12.1 Å². The summed E-state index contributed by atoms with van der Waals surface area (Å²) in [5, 5.41) is 0. The summed E-state index contributed by atoms with van der Waals surface area (Å²) in [5.74, 6) is -1.36. The lowest BCUT2D eigenvalue weighted by Gasteiger charge is -2.26. The molecule has 2 aromatic carbocycles. The van der Waals surface area contributed by atoms with Gasteiger partial charge in [-0.25, -0.2) is 9.29 Å². The SMILES string of the molecule is C=CCN(C(=O)c1cccc(OC)c1)C1CC(=O)N(c2ccc(F)cc2)C1=O. The van der Waals surface area contributed by atoms with Crippen molar-refractivity contribution in [2.75, 3.05) is 18.6 Å². The molecule has 1 aliphatic rings. The van der Waals surface area contributed by atoms with Crippen molar-refractivity contribution in [1.29, 1.82) is 0 Å². The quantitative estimate of drug-likeness (QED) is 0.569. The molecule has 6 nitrogen and oxygen atoms in total. The van der Waals surface area contributed by atoms with Gasteiger partial charge in [-0.05, 0) is 42.5 Å². The molecule has 28 heavy (non-hydrogen) atoms. The summed E-state index contributed by atoms with van der Waals surface area (Å²) in [4.78, 5) is 40.7. The van der Waals surface area contributed by atoms with Crippen molar-refractivity contribution in [2.24, 2.45) is 0 Å². The Bertz CT molecular complexity index is 926. The molecular formula is C21H19FN2O4. The number of hydrogen-bond donors (Lipinski definition) is 0. The van der Waals surface area contributed by atoms with Crippen LogP contribution in [0.15, 0.2) is 61.2 Å². The number of halogens is 1. The lowest BCUT2D eigenvalue weighted by atomic mass is 10.1. The summed E-state index contributed by atoms with van der Waals surface area (Å²) in [7, 11) is 1.49. The molecular weight excluding hydrogens is 363 g/mol.